The summed E-state index contributed by atoms with van der Waals surface area (Å²) in [5, 5.41) is 17.0. The Morgan fingerprint density at radius 1 is 1.29 bits per heavy atom. The number of carbonyl (C=O) groups is 1. The van der Waals surface area contributed by atoms with E-state index in [1.807, 2.05) is 6.07 Å². The molecule has 0 bridgehead atoms. The van der Waals surface area contributed by atoms with Gasteiger partial charge in [0.15, 0.2) is 5.82 Å². The number of nitrogens with one attached hydrogen (secondary N) is 1. The van der Waals surface area contributed by atoms with Crippen molar-refractivity contribution in [2.24, 2.45) is 0 Å². The zero-order chi connectivity index (χ0) is 21.8. The maximum Gasteiger partial charge on any atom is 0.305 e. The van der Waals surface area contributed by atoms with Crippen molar-refractivity contribution in [3.63, 3.8) is 0 Å². The Hall–Kier alpha value is -3.36. The summed E-state index contributed by atoms with van der Waals surface area (Å²) in [6.45, 7) is 2.69. The van der Waals surface area contributed by atoms with Gasteiger partial charge in [-0.2, -0.15) is 5.10 Å². The smallest absolute Gasteiger partial charge is 0.305 e. The molecule has 4 heterocycles. The number of hydrogen-bond donors (Lipinski definition) is 2. The van der Waals surface area contributed by atoms with Crippen LogP contribution in [0.15, 0.2) is 30.7 Å². The van der Waals surface area contributed by atoms with Gasteiger partial charge in [0, 0.05) is 30.2 Å². The largest absolute Gasteiger partial charge is 0.481 e. The molecule has 1 atom stereocenters. The number of pyridine rings is 1. The molecule has 8 nitrogen and oxygen atoms in total. The van der Waals surface area contributed by atoms with Crippen molar-refractivity contribution in [2.45, 2.75) is 51.5 Å². The van der Waals surface area contributed by atoms with E-state index >= 15 is 0 Å². The second-order valence-electron chi connectivity index (χ2n) is 7.78. The lowest BCUT2D eigenvalue weighted by Gasteiger charge is -2.17. The SMILES string of the molecule is Cc1ncc([C@@H](CC(=O)O)n2cc(F)c(CCCc3ccc4c(n3)NCCC4)n2)cn1. The number of carboxylic acid groups (broad SMARTS) is 1. The van der Waals surface area contributed by atoms with Crippen molar-refractivity contribution in [3.8, 4) is 0 Å². The van der Waals surface area contributed by atoms with E-state index in [0.29, 0.717) is 36.3 Å². The Morgan fingerprint density at radius 3 is 2.87 bits per heavy atom. The number of aromatic nitrogens is 5. The number of hydrogen-bond acceptors (Lipinski definition) is 6. The molecule has 31 heavy (non-hydrogen) atoms. The average molecular weight is 424 g/mol. The topological polar surface area (TPSA) is 106 Å². The Morgan fingerprint density at radius 2 is 2.10 bits per heavy atom. The molecule has 0 saturated heterocycles. The molecule has 4 rings (SSSR count). The average Bonchev–Trinajstić information content (AvgIpc) is 3.13. The van der Waals surface area contributed by atoms with Gasteiger partial charge in [0.1, 0.15) is 11.6 Å². The van der Waals surface area contributed by atoms with Gasteiger partial charge < -0.3 is 10.4 Å². The van der Waals surface area contributed by atoms with Crippen LogP contribution in [0.5, 0.6) is 0 Å². The summed E-state index contributed by atoms with van der Waals surface area (Å²) in [5.74, 6) is 0.0887. The van der Waals surface area contributed by atoms with Crippen LogP contribution in [0.25, 0.3) is 0 Å². The van der Waals surface area contributed by atoms with Gasteiger partial charge in [0.05, 0.1) is 24.4 Å². The number of carboxylic acids is 1. The molecule has 0 radical (unpaired) electrons. The second kappa shape index (κ2) is 9.20. The summed E-state index contributed by atoms with van der Waals surface area (Å²) in [6.07, 6.45) is 8.14. The van der Waals surface area contributed by atoms with Crippen LogP contribution in [0.1, 0.15) is 53.6 Å². The molecular formula is C22H25FN6O2. The highest BCUT2D eigenvalue weighted by atomic mass is 19.1. The third kappa shape index (κ3) is 5.04. The molecule has 0 spiro atoms. The number of aryl methyl sites for hydroxylation is 4. The molecule has 0 aliphatic carbocycles. The number of anilines is 1. The zero-order valence-corrected chi connectivity index (χ0v) is 17.4. The first-order chi connectivity index (χ1) is 15.0. The molecular weight excluding hydrogens is 399 g/mol. The third-order valence-electron chi connectivity index (χ3n) is 5.43. The van der Waals surface area contributed by atoms with E-state index in [1.54, 1.807) is 19.3 Å². The van der Waals surface area contributed by atoms with E-state index < -0.39 is 17.8 Å². The van der Waals surface area contributed by atoms with Crippen molar-refractivity contribution in [3.05, 3.63) is 64.9 Å². The molecule has 3 aromatic rings. The number of aliphatic carboxylic acids is 1. The van der Waals surface area contributed by atoms with E-state index in [-0.39, 0.29) is 6.42 Å². The van der Waals surface area contributed by atoms with E-state index in [2.05, 4.69) is 31.4 Å². The van der Waals surface area contributed by atoms with E-state index in [0.717, 1.165) is 30.9 Å². The van der Waals surface area contributed by atoms with E-state index in [9.17, 15) is 14.3 Å². The molecule has 0 amide bonds. The summed E-state index contributed by atoms with van der Waals surface area (Å²) in [7, 11) is 0. The van der Waals surface area contributed by atoms with Crippen molar-refractivity contribution in [1.29, 1.82) is 0 Å². The lowest BCUT2D eigenvalue weighted by molar-refractivity contribution is -0.137. The first kappa shape index (κ1) is 20.9. The van der Waals surface area contributed by atoms with Gasteiger partial charge in [-0.1, -0.05) is 6.07 Å². The van der Waals surface area contributed by atoms with Crippen LogP contribution in [0.2, 0.25) is 0 Å². The molecule has 1 aliphatic rings. The Balaban J connectivity index is 1.44. The number of fused-ring (bicyclic) bond motifs is 1. The highest BCUT2D eigenvalue weighted by Crippen LogP contribution is 2.23. The second-order valence-corrected chi connectivity index (χ2v) is 7.78. The van der Waals surface area contributed by atoms with Gasteiger partial charge in [-0.05, 0) is 50.7 Å². The van der Waals surface area contributed by atoms with Gasteiger partial charge in [-0.25, -0.2) is 19.3 Å². The minimum absolute atomic E-state index is 0.237. The van der Waals surface area contributed by atoms with Crippen molar-refractivity contribution in [1.82, 2.24) is 24.7 Å². The molecule has 162 valence electrons. The third-order valence-corrected chi connectivity index (χ3v) is 5.43. The standard InChI is InChI=1S/C22H25FN6O2/c1-14-25-11-16(12-26-14)20(10-21(30)31)29-13-18(23)19(28-29)6-2-5-17-8-7-15-4-3-9-24-22(15)27-17/h7-8,11-13,20H,2-6,9-10H2,1H3,(H,24,27)(H,30,31)/t20-/m1/s1. The molecule has 0 fully saturated rings. The lowest BCUT2D eigenvalue weighted by atomic mass is 10.1. The highest BCUT2D eigenvalue weighted by Gasteiger charge is 2.22. The molecule has 2 N–H and O–H groups in total. The first-order valence-electron chi connectivity index (χ1n) is 10.5. The monoisotopic (exact) mass is 424 g/mol. The predicted molar refractivity (Wildman–Crippen MR) is 112 cm³/mol. The Labute approximate surface area is 179 Å². The zero-order valence-electron chi connectivity index (χ0n) is 17.4. The minimum Gasteiger partial charge on any atom is -0.481 e. The fraction of sp³-hybridized carbons (Fsp3) is 0.409. The molecule has 0 saturated carbocycles. The quantitative estimate of drug-likeness (QED) is 0.572. The fourth-order valence-electron chi connectivity index (χ4n) is 3.78. The predicted octanol–water partition coefficient (Wildman–Crippen LogP) is 3.11. The van der Waals surface area contributed by atoms with Gasteiger partial charge in [-0.3, -0.25) is 9.48 Å². The summed E-state index contributed by atoms with van der Waals surface area (Å²) < 4.78 is 15.9. The number of halogens is 1. The van der Waals surface area contributed by atoms with Gasteiger partial charge in [0.2, 0.25) is 0 Å². The summed E-state index contributed by atoms with van der Waals surface area (Å²) >= 11 is 0. The van der Waals surface area contributed by atoms with Crippen LogP contribution in [-0.4, -0.2) is 42.4 Å². The van der Waals surface area contributed by atoms with Crippen molar-refractivity contribution in [2.75, 3.05) is 11.9 Å². The van der Waals surface area contributed by atoms with Crippen LogP contribution < -0.4 is 5.32 Å². The lowest BCUT2D eigenvalue weighted by Crippen LogP contribution is -2.16. The van der Waals surface area contributed by atoms with Crippen LogP contribution in [0, 0.1) is 12.7 Å². The van der Waals surface area contributed by atoms with E-state index in [4.69, 9.17) is 0 Å². The van der Waals surface area contributed by atoms with Gasteiger partial charge >= 0.3 is 5.97 Å². The van der Waals surface area contributed by atoms with Crippen molar-refractivity contribution >= 4 is 11.8 Å². The van der Waals surface area contributed by atoms with Crippen molar-refractivity contribution < 1.29 is 14.3 Å². The Kier molecular flexibility index (Phi) is 6.20. The van der Waals surface area contributed by atoms with Crippen LogP contribution in [-0.2, 0) is 24.1 Å². The van der Waals surface area contributed by atoms with Gasteiger partial charge in [-0.15, -0.1) is 0 Å². The van der Waals surface area contributed by atoms with E-state index in [1.165, 1.54) is 16.4 Å². The first-order valence-corrected chi connectivity index (χ1v) is 10.5. The summed E-state index contributed by atoms with van der Waals surface area (Å²) in [6, 6.07) is 3.47. The molecule has 3 aromatic heterocycles. The van der Waals surface area contributed by atoms with Crippen LogP contribution in [0.3, 0.4) is 0 Å². The van der Waals surface area contributed by atoms with Crippen LogP contribution >= 0.6 is 0 Å². The molecule has 0 aromatic carbocycles. The van der Waals surface area contributed by atoms with Crippen LogP contribution in [0.4, 0.5) is 10.2 Å². The summed E-state index contributed by atoms with van der Waals surface area (Å²) in [5.41, 5.74) is 3.10. The van der Waals surface area contributed by atoms with Gasteiger partial charge in [0.25, 0.3) is 0 Å². The fourth-order valence-corrected chi connectivity index (χ4v) is 3.78. The maximum absolute atomic E-state index is 14.6. The number of rotatable bonds is 8. The molecule has 1 aliphatic heterocycles. The Bertz CT molecular complexity index is 1070. The molecule has 0 unspecified atom stereocenters. The molecule has 9 heteroatoms. The normalized spacial score (nSPS) is 14.0. The minimum atomic E-state index is -1.00. The highest BCUT2D eigenvalue weighted by molar-refractivity contribution is 5.68. The summed E-state index contributed by atoms with van der Waals surface area (Å²) in [4.78, 5) is 24.3. The maximum atomic E-state index is 14.6. The number of nitrogens with zero attached hydrogens (tertiary/aromatic N) is 5.